The van der Waals surface area contributed by atoms with Crippen molar-refractivity contribution in [1.82, 2.24) is 10.6 Å². The summed E-state index contributed by atoms with van der Waals surface area (Å²) in [5.74, 6) is -1.06. The van der Waals surface area contributed by atoms with Crippen molar-refractivity contribution in [3.63, 3.8) is 0 Å². The lowest BCUT2D eigenvalue weighted by Gasteiger charge is -2.23. The van der Waals surface area contributed by atoms with E-state index in [0.29, 0.717) is 13.2 Å². The van der Waals surface area contributed by atoms with Crippen LogP contribution in [-0.4, -0.2) is 35.9 Å². The average molecular weight is 298 g/mol. The molecule has 3 N–H and O–H groups in total. The molecular weight excluding hydrogens is 280 g/mol. The Morgan fingerprint density at radius 1 is 1.50 bits per heavy atom. The third-order valence-electron chi connectivity index (χ3n) is 3.42. The van der Waals surface area contributed by atoms with E-state index in [0.717, 1.165) is 4.88 Å². The first-order valence-corrected chi connectivity index (χ1v) is 7.18. The molecule has 1 aromatic heterocycles. The number of aliphatic carboxylic acids is 1. The third-order valence-corrected chi connectivity index (χ3v) is 4.58. The lowest BCUT2D eigenvalue weighted by Crippen LogP contribution is -2.57. The predicted molar refractivity (Wildman–Crippen MR) is 75.0 cm³/mol. The van der Waals surface area contributed by atoms with Crippen LogP contribution in [0.1, 0.15) is 21.7 Å². The lowest BCUT2D eigenvalue weighted by atomic mass is 9.99. The number of carboxylic acids is 1. The van der Waals surface area contributed by atoms with E-state index in [9.17, 15) is 14.7 Å². The van der Waals surface area contributed by atoms with Gasteiger partial charge in [-0.05, 0) is 25.5 Å². The van der Waals surface area contributed by atoms with Gasteiger partial charge in [0.1, 0.15) is 0 Å². The van der Waals surface area contributed by atoms with E-state index in [1.54, 1.807) is 11.3 Å². The molecular formula is C13H18N2O4S. The minimum absolute atomic E-state index is 0.00692. The summed E-state index contributed by atoms with van der Waals surface area (Å²) in [5, 5.41) is 14.4. The van der Waals surface area contributed by atoms with E-state index in [2.05, 4.69) is 10.6 Å². The van der Waals surface area contributed by atoms with Gasteiger partial charge in [-0.3, -0.25) is 0 Å². The summed E-state index contributed by atoms with van der Waals surface area (Å²) in [5.41, 5.74) is -0.107. The van der Waals surface area contributed by atoms with Crippen molar-refractivity contribution in [2.45, 2.75) is 32.4 Å². The van der Waals surface area contributed by atoms with E-state index in [4.69, 9.17) is 4.74 Å². The van der Waals surface area contributed by atoms with Gasteiger partial charge in [0, 0.05) is 22.8 Å². The summed E-state index contributed by atoms with van der Waals surface area (Å²) >= 11 is 1.62. The molecule has 1 saturated heterocycles. The largest absolute Gasteiger partial charge is 0.479 e. The SMILES string of the molecule is Cc1cc(CNC(=O)NC2(C(=O)O)CCOC2)sc1C. The first kappa shape index (κ1) is 14.8. The Labute approximate surface area is 121 Å². The number of carboxylic acid groups (broad SMARTS) is 1. The van der Waals surface area contributed by atoms with Crippen LogP contribution in [0.5, 0.6) is 0 Å². The second kappa shape index (κ2) is 5.80. The number of hydrogen-bond acceptors (Lipinski definition) is 4. The van der Waals surface area contributed by atoms with Gasteiger partial charge in [0.2, 0.25) is 0 Å². The second-order valence-electron chi connectivity index (χ2n) is 4.95. The van der Waals surface area contributed by atoms with Gasteiger partial charge in [0.25, 0.3) is 0 Å². The van der Waals surface area contributed by atoms with Crippen molar-refractivity contribution in [2.24, 2.45) is 0 Å². The first-order chi connectivity index (χ1) is 9.43. The summed E-state index contributed by atoms with van der Waals surface area (Å²) in [7, 11) is 0. The monoisotopic (exact) mass is 298 g/mol. The number of carbonyl (C=O) groups excluding carboxylic acids is 1. The van der Waals surface area contributed by atoms with Crippen molar-refractivity contribution in [3.8, 4) is 0 Å². The fourth-order valence-electron chi connectivity index (χ4n) is 2.05. The summed E-state index contributed by atoms with van der Waals surface area (Å²) in [6, 6.07) is 1.54. The molecule has 110 valence electrons. The molecule has 1 atom stereocenters. The fraction of sp³-hybridized carbons (Fsp3) is 0.538. The van der Waals surface area contributed by atoms with Crippen LogP contribution in [0.3, 0.4) is 0 Å². The zero-order valence-electron chi connectivity index (χ0n) is 11.5. The number of carbonyl (C=O) groups is 2. The van der Waals surface area contributed by atoms with Gasteiger partial charge >= 0.3 is 12.0 Å². The molecule has 2 amide bonds. The van der Waals surface area contributed by atoms with E-state index >= 15 is 0 Å². The van der Waals surface area contributed by atoms with E-state index in [-0.39, 0.29) is 13.0 Å². The number of rotatable bonds is 4. The minimum atomic E-state index is -1.30. The van der Waals surface area contributed by atoms with Crippen LogP contribution in [0.4, 0.5) is 4.79 Å². The van der Waals surface area contributed by atoms with E-state index in [1.807, 2.05) is 19.9 Å². The maximum atomic E-state index is 11.8. The van der Waals surface area contributed by atoms with Gasteiger partial charge < -0.3 is 20.5 Å². The zero-order valence-corrected chi connectivity index (χ0v) is 12.3. The molecule has 20 heavy (non-hydrogen) atoms. The maximum Gasteiger partial charge on any atom is 0.332 e. The molecule has 1 unspecified atom stereocenters. The fourth-order valence-corrected chi connectivity index (χ4v) is 3.04. The van der Waals surface area contributed by atoms with Crippen LogP contribution in [0, 0.1) is 13.8 Å². The number of amides is 2. The zero-order chi connectivity index (χ0) is 14.8. The molecule has 0 saturated carbocycles. The van der Waals surface area contributed by atoms with E-state index < -0.39 is 17.5 Å². The number of ether oxygens (including phenoxy) is 1. The van der Waals surface area contributed by atoms with Crippen LogP contribution >= 0.6 is 11.3 Å². The Balaban J connectivity index is 1.90. The standard InChI is InChI=1S/C13H18N2O4S/c1-8-5-10(20-9(8)2)6-14-12(18)15-13(11(16)17)3-4-19-7-13/h5H,3-4,6-7H2,1-2H3,(H,16,17)(H2,14,15,18). The highest BCUT2D eigenvalue weighted by molar-refractivity contribution is 7.12. The molecule has 2 heterocycles. The van der Waals surface area contributed by atoms with Crippen LogP contribution in [0.2, 0.25) is 0 Å². The van der Waals surface area contributed by atoms with E-state index in [1.165, 1.54) is 10.4 Å². The van der Waals surface area contributed by atoms with Gasteiger partial charge in [0.15, 0.2) is 5.54 Å². The van der Waals surface area contributed by atoms with Crippen LogP contribution in [-0.2, 0) is 16.1 Å². The molecule has 0 aromatic carbocycles. The Morgan fingerprint density at radius 3 is 2.75 bits per heavy atom. The summed E-state index contributed by atoms with van der Waals surface area (Å²) < 4.78 is 5.08. The van der Waals surface area contributed by atoms with Crippen molar-refractivity contribution >= 4 is 23.3 Å². The number of urea groups is 1. The molecule has 0 bridgehead atoms. The Morgan fingerprint density at radius 2 is 2.25 bits per heavy atom. The predicted octanol–water partition coefficient (Wildman–Crippen LogP) is 1.41. The summed E-state index contributed by atoms with van der Waals surface area (Å²) in [4.78, 5) is 25.4. The van der Waals surface area contributed by atoms with Crippen molar-refractivity contribution < 1.29 is 19.4 Å². The number of aryl methyl sites for hydroxylation is 2. The second-order valence-corrected chi connectivity index (χ2v) is 6.29. The van der Waals surface area contributed by atoms with Crippen LogP contribution in [0.25, 0.3) is 0 Å². The molecule has 0 spiro atoms. The Hall–Kier alpha value is -1.60. The van der Waals surface area contributed by atoms with Gasteiger partial charge in [-0.1, -0.05) is 0 Å². The van der Waals surface area contributed by atoms with Crippen LogP contribution in [0.15, 0.2) is 6.07 Å². The van der Waals surface area contributed by atoms with Gasteiger partial charge in [-0.25, -0.2) is 9.59 Å². The molecule has 1 aliphatic heterocycles. The molecule has 1 aliphatic rings. The molecule has 1 fully saturated rings. The quantitative estimate of drug-likeness (QED) is 0.784. The van der Waals surface area contributed by atoms with Crippen molar-refractivity contribution in [2.75, 3.05) is 13.2 Å². The van der Waals surface area contributed by atoms with Gasteiger partial charge in [0.05, 0.1) is 13.2 Å². The smallest absolute Gasteiger partial charge is 0.332 e. The van der Waals surface area contributed by atoms with Crippen molar-refractivity contribution in [1.29, 1.82) is 0 Å². The van der Waals surface area contributed by atoms with Crippen molar-refractivity contribution in [3.05, 3.63) is 21.4 Å². The number of thiophene rings is 1. The molecule has 1 aromatic rings. The van der Waals surface area contributed by atoms with Crippen LogP contribution < -0.4 is 10.6 Å². The maximum absolute atomic E-state index is 11.8. The molecule has 6 nitrogen and oxygen atoms in total. The summed E-state index contributed by atoms with van der Waals surface area (Å²) in [6.07, 6.45) is 0.285. The molecule has 2 rings (SSSR count). The number of nitrogens with one attached hydrogen (secondary N) is 2. The topological polar surface area (TPSA) is 87.7 Å². The highest BCUT2D eigenvalue weighted by Gasteiger charge is 2.43. The summed E-state index contributed by atoms with van der Waals surface area (Å²) in [6.45, 7) is 4.79. The lowest BCUT2D eigenvalue weighted by molar-refractivity contribution is -0.144. The minimum Gasteiger partial charge on any atom is -0.479 e. The van der Waals surface area contributed by atoms with Gasteiger partial charge in [-0.2, -0.15) is 0 Å². The normalized spacial score (nSPS) is 21.7. The molecule has 0 radical (unpaired) electrons. The first-order valence-electron chi connectivity index (χ1n) is 6.36. The third kappa shape index (κ3) is 3.10. The molecule has 7 heteroatoms. The average Bonchev–Trinajstić information content (AvgIpc) is 2.96. The Kier molecular flexibility index (Phi) is 4.29. The Bertz CT molecular complexity index is 501. The number of hydrogen-bond donors (Lipinski definition) is 3. The molecule has 0 aliphatic carbocycles. The highest BCUT2D eigenvalue weighted by atomic mass is 32.1. The highest BCUT2D eigenvalue weighted by Crippen LogP contribution is 2.21. The van der Waals surface area contributed by atoms with Gasteiger partial charge in [-0.15, -0.1) is 11.3 Å².